The van der Waals surface area contributed by atoms with Gasteiger partial charge in [0.2, 0.25) is 5.91 Å². The second-order valence-electron chi connectivity index (χ2n) is 15.5. The fourth-order valence-corrected chi connectivity index (χ4v) is 8.67. The first-order valence-corrected chi connectivity index (χ1v) is 19.3. The summed E-state index contributed by atoms with van der Waals surface area (Å²) >= 11 is 1.70. The number of rotatable bonds is 9. The summed E-state index contributed by atoms with van der Waals surface area (Å²) in [6.07, 6.45) is 11.9. The van der Waals surface area contributed by atoms with Gasteiger partial charge in [0.15, 0.2) is 0 Å². The minimum Gasteiger partial charge on any atom is -0.496 e. The fourth-order valence-electron chi connectivity index (χ4n) is 7.70. The zero-order valence-corrected chi connectivity index (χ0v) is 31.2. The fraction of sp³-hybridized carbons (Fsp3) is 0.600. The number of anilines is 1. The van der Waals surface area contributed by atoms with Gasteiger partial charge in [0, 0.05) is 49.5 Å². The number of ether oxygens (including phenoxy) is 3. The van der Waals surface area contributed by atoms with Crippen LogP contribution in [0.4, 0.5) is 10.6 Å². The van der Waals surface area contributed by atoms with Gasteiger partial charge in [-0.25, -0.2) is 14.8 Å². The topological polar surface area (TPSA) is 103 Å². The molecular weight excluding hydrogens is 649 g/mol. The SMILES string of the molecule is COc1ccc(C2CCC(CN(C(=O)C3CCC(OC(=O)NC4CCOCC4)CC3)c3cc(-c4cnc(C(C)(C)C)s4)ccn3)CC2)cc1C. The second kappa shape index (κ2) is 16.2. The summed E-state index contributed by atoms with van der Waals surface area (Å²) in [6, 6.07) is 10.8. The quantitative estimate of drug-likeness (QED) is 0.238. The van der Waals surface area contributed by atoms with E-state index in [9.17, 15) is 9.59 Å². The molecule has 0 atom stereocenters. The molecule has 2 aromatic heterocycles. The van der Waals surface area contributed by atoms with Crippen LogP contribution in [0.5, 0.6) is 5.75 Å². The molecule has 270 valence electrons. The Bertz CT molecular complexity index is 1600. The Morgan fingerprint density at radius 3 is 2.36 bits per heavy atom. The lowest BCUT2D eigenvalue weighted by Gasteiger charge is -2.36. The van der Waals surface area contributed by atoms with Crippen molar-refractivity contribution < 1.29 is 23.8 Å². The first-order chi connectivity index (χ1) is 24.1. The maximum atomic E-state index is 14.5. The molecule has 2 aliphatic carbocycles. The number of nitrogens with one attached hydrogen (secondary N) is 1. The van der Waals surface area contributed by atoms with Crippen LogP contribution in [0.1, 0.15) is 107 Å². The average Bonchev–Trinajstić information content (AvgIpc) is 3.63. The minimum absolute atomic E-state index is 0.0296. The Kier molecular flexibility index (Phi) is 11.8. The van der Waals surface area contributed by atoms with Crippen LogP contribution < -0.4 is 15.0 Å². The van der Waals surface area contributed by atoms with E-state index < -0.39 is 0 Å². The van der Waals surface area contributed by atoms with Crippen molar-refractivity contribution in [3.63, 3.8) is 0 Å². The molecule has 1 aliphatic heterocycles. The molecule has 0 unspecified atom stereocenters. The van der Waals surface area contributed by atoms with Crippen molar-refractivity contribution in [2.24, 2.45) is 11.8 Å². The number of nitrogens with zero attached hydrogens (tertiary/aromatic N) is 3. The summed E-state index contributed by atoms with van der Waals surface area (Å²) in [6.45, 7) is 10.6. The largest absolute Gasteiger partial charge is 0.496 e. The van der Waals surface area contributed by atoms with Gasteiger partial charge in [-0.15, -0.1) is 11.3 Å². The van der Waals surface area contributed by atoms with Gasteiger partial charge < -0.3 is 19.5 Å². The number of pyridine rings is 1. The van der Waals surface area contributed by atoms with Crippen LogP contribution >= 0.6 is 11.3 Å². The van der Waals surface area contributed by atoms with E-state index in [-0.39, 0.29) is 35.5 Å². The van der Waals surface area contributed by atoms with Crippen LogP contribution in [0.15, 0.2) is 42.7 Å². The number of benzene rings is 1. The van der Waals surface area contributed by atoms with E-state index in [2.05, 4.69) is 57.3 Å². The zero-order valence-electron chi connectivity index (χ0n) is 30.4. The van der Waals surface area contributed by atoms with Gasteiger partial charge in [0.25, 0.3) is 0 Å². The average molecular weight is 703 g/mol. The number of carbonyl (C=O) groups excluding carboxylic acids is 2. The number of carbonyl (C=O) groups is 2. The molecule has 3 fully saturated rings. The van der Waals surface area contributed by atoms with Crippen molar-refractivity contribution in [3.8, 4) is 16.2 Å². The first-order valence-electron chi connectivity index (χ1n) is 18.5. The molecule has 3 heterocycles. The molecule has 2 saturated carbocycles. The predicted molar refractivity (Wildman–Crippen MR) is 198 cm³/mol. The molecule has 6 rings (SSSR count). The van der Waals surface area contributed by atoms with E-state index >= 15 is 0 Å². The number of methoxy groups -OCH3 is 1. The van der Waals surface area contributed by atoms with Crippen LogP contribution in [0, 0.1) is 18.8 Å². The number of thiazole rings is 1. The van der Waals surface area contributed by atoms with Gasteiger partial charge in [0.1, 0.15) is 17.7 Å². The molecule has 3 aliphatic rings. The van der Waals surface area contributed by atoms with Crippen LogP contribution in [0.25, 0.3) is 10.4 Å². The van der Waals surface area contributed by atoms with Crippen molar-refractivity contribution >= 4 is 29.2 Å². The minimum atomic E-state index is -0.354. The first kappa shape index (κ1) is 36.3. The molecule has 0 spiro atoms. The Morgan fingerprint density at radius 2 is 1.70 bits per heavy atom. The van der Waals surface area contributed by atoms with Crippen molar-refractivity contribution in [1.29, 1.82) is 0 Å². The van der Waals surface area contributed by atoms with Crippen LogP contribution in [-0.2, 0) is 19.7 Å². The molecule has 0 radical (unpaired) electrons. The normalized spacial score (nSPS) is 23.2. The van der Waals surface area contributed by atoms with Gasteiger partial charge in [-0.3, -0.25) is 9.69 Å². The number of hydrogen-bond acceptors (Lipinski definition) is 8. The second-order valence-corrected chi connectivity index (χ2v) is 16.5. The third-order valence-electron chi connectivity index (χ3n) is 10.7. The molecule has 1 saturated heterocycles. The zero-order chi connectivity index (χ0) is 35.3. The molecule has 9 nitrogen and oxygen atoms in total. The molecule has 50 heavy (non-hydrogen) atoms. The lowest BCUT2D eigenvalue weighted by atomic mass is 9.78. The Hall–Kier alpha value is -3.50. The van der Waals surface area contributed by atoms with Crippen molar-refractivity contribution in [1.82, 2.24) is 15.3 Å². The summed E-state index contributed by atoms with van der Waals surface area (Å²) < 4.78 is 16.7. The molecule has 0 bridgehead atoms. The van der Waals surface area contributed by atoms with E-state index in [1.807, 2.05) is 23.4 Å². The molecule has 10 heteroatoms. The smallest absolute Gasteiger partial charge is 0.407 e. The third kappa shape index (κ3) is 9.04. The van der Waals surface area contributed by atoms with Gasteiger partial charge in [-0.05, 0) is 118 Å². The highest BCUT2D eigenvalue weighted by Gasteiger charge is 2.34. The van der Waals surface area contributed by atoms with Gasteiger partial charge in [-0.2, -0.15) is 0 Å². The van der Waals surface area contributed by atoms with Gasteiger partial charge in [-0.1, -0.05) is 32.9 Å². The molecular formula is C40H54N4O5S. The third-order valence-corrected chi connectivity index (χ3v) is 12.2. The standard InChI is InChI=1S/C40H54N4O5S/c1-26-22-30(12-15-34(26)47-5)28-8-6-27(7-9-28)25-44(36-23-31(16-19-41-36)35-24-42-38(50-35)40(2,3)4)37(45)29-10-13-33(14-11-29)49-39(46)43-32-17-20-48-21-18-32/h12,15-16,19,22-24,27-29,32-33H,6-11,13-14,17-18,20-21,25H2,1-5H3,(H,43,46). The van der Waals surface area contributed by atoms with E-state index in [0.29, 0.717) is 63.1 Å². The summed E-state index contributed by atoms with van der Waals surface area (Å²) in [5.41, 5.74) is 3.55. The Morgan fingerprint density at radius 1 is 0.960 bits per heavy atom. The van der Waals surface area contributed by atoms with Gasteiger partial charge >= 0.3 is 6.09 Å². The van der Waals surface area contributed by atoms with Crippen molar-refractivity contribution in [2.45, 2.75) is 115 Å². The summed E-state index contributed by atoms with van der Waals surface area (Å²) in [7, 11) is 1.72. The number of amides is 2. The van der Waals surface area contributed by atoms with Crippen LogP contribution in [0.2, 0.25) is 0 Å². The summed E-state index contributed by atoms with van der Waals surface area (Å²) in [4.78, 5) is 39.6. The summed E-state index contributed by atoms with van der Waals surface area (Å²) in [5.74, 6) is 2.55. The highest BCUT2D eigenvalue weighted by atomic mass is 32.1. The monoisotopic (exact) mass is 702 g/mol. The maximum absolute atomic E-state index is 14.5. The summed E-state index contributed by atoms with van der Waals surface area (Å²) in [5, 5.41) is 4.09. The van der Waals surface area contributed by atoms with E-state index in [1.165, 1.54) is 11.1 Å². The maximum Gasteiger partial charge on any atom is 0.407 e. The molecule has 2 amide bonds. The molecule has 1 aromatic carbocycles. The van der Waals surface area contributed by atoms with Gasteiger partial charge in [0.05, 0.1) is 17.0 Å². The van der Waals surface area contributed by atoms with E-state index in [4.69, 9.17) is 24.2 Å². The van der Waals surface area contributed by atoms with E-state index in [1.54, 1.807) is 18.4 Å². The number of aryl methyl sites for hydroxylation is 1. The van der Waals surface area contributed by atoms with E-state index in [0.717, 1.165) is 59.7 Å². The lowest BCUT2D eigenvalue weighted by Crippen LogP contribution is -2.43. The van der Waals surface area contributed by atoms with Crippen molar-refractivity contribution in [3.05, 3.63) is 58.9 Å². The van der Waals surface area contributed by atoms with Crippen LogP contribution in [0.3, 0.4) is 0 Å². The highest BCUT2D eigenvalue weighted by Crippen LogP contribution is 2.39. The van der Waals surface area contributed by atoms with Crippen LogP contribution in [-0.4, -0.2) is 61.0 Å². The Balaban J connectivity index is 1.14. The number of aromatic nitrogens is 2. The lowest BCUT2D eigenvalue weighted by molar-refractivity contribution is -0.124. The molecule has 1 N–H and O–H groups in total. The number of hydrogen-bond donors (Lipinski definition) is 1. The number of alkyl carbamates (subject to hydrolysis) is 1. The Labute approximate surface area is 301 Å². The highest BCUT2D eigenvalue weighted by molar-refractivity contribution is 7.15. The van der Waals surface area contributed by atoms with Crippen molar-refractivity contribution in [2.75, 3.05) is 31.8 Å². The molecule has 3 aromatic rings. The predicted octanol–water partition coefficient (Wildman–Crippen LogP) is 8.59.